The normalized spacial score (nSPS) is 13.7. The summed E-state index contributed by atoms with van der Waals surface area (Å²) in [5.74, 6) is 0.699. The minimum absolute atomic E-state index is 0.0285. The number of hydrogen-bond acceptors (Lipinski definition) is 1. The van der Waals surface area contributed by atoms with Crippen molar-refractivity contribution in [3.63, 3.8) is 0 Å². The van der Waals surface area contributed by atoms with Gasteiger partial charge in [-0.05, 0) is 12.1 Å². The van der Waals surface area contributed by atoms with Crippen LogP contribution in [-0.2, 0) is 12.2 Å². The van der Waals surface area contributed by atoms with Crippen LogP contribution in [0, 0.1) is 0 Å². The molecule has 0 aliphatic carbocycles. The zero-order chi connectivity index (χ0) is 18.3. The summed E-state index contributed by atoms with van der Waals surface area (Å²) in [5, 5.41) is 0.541. The Balaban J connectivity index is 2.53. The standard InChI is InChI=1S/C19H27F3OSi/c1-12(2)24(13(3)4,14(5)6)11-16-10-15-8-7-9-17(18(15)23-16)19(20,21)22/h7-10,12-14H,11H2,1-6H3. The lowest BCUT2D eigenvalue weighted by Gasteiger charge is -2.42. The van der Waals surface area contributed by atoms with Crippen molar-refractivity contribution in [2.24, 2.45) is 0 Å². The van der Waals surface area contributed by atoms with Crippen molar-refractivity contribution in [2.75, 3.05) is 0 Å². The van der Waals surface area contributed by atoms with Crippen molar-refractivity contribution in [1.82, 2.24) is 0 Å². The van der Waals surface area contributed by atoms with E-state index in [1.165, 1.54) is 6.07 Å². The van der Waals surface area contributed by atoms with Crippen LogP contribution in [0.15, 0.2) is 28.7 Å². The maximum atomic E-state index is 13.2. The van der Waals surface area contributed by atoms with E-state index in [0.717, 1.165) is 12.1 Å². The van der Waals surface area contributed by atoms with E-state index < -0.39 is 19.8 Å². The van der Waals surface area contributed by atoms with Gasteiger partial charge in [0, 0.05) is 11.4 Å². The molecule has 0 spiro atoms. The van der Waals surface area contributed by atoms with E-state index in [-0.39, 0.29) is 5.58 Å². The van der Waals surface area contributed by atoms with Gasteiger partial charge in [-0.2, -0.15) is 13.2 Å². The maximum Gasteiger partial charge on any atom is 0.420 e. The molecule has 0 aliphatic heterocycles. The molecule has 134 valence electrons. The highest BCUT2D eigenvalue weighted by molar-refractivity contribution is 6.82. The van der Waals surface area contributed by atoms with Gasteiger partial charge in [0.1, 0.15) is 11.3 Å². The first-order valence-corrected chi connectivity index (χ1v) is 11.0. The summed E-state index contributed by atoms with van der Waals surface area (Å²) in [6, 6.07) is 6.82. The third-order valence-corrected chi connectivity index (χ3v) is 13.0. The zero-order valence-electron chi connectivity index (χ0n) is 15.3. The topological polar surface area (TPSA) is 13.1 Å². The van der Waals surface area contributed by atoms with Crippen molar-refractivity contribution in [1.29, 1.82) is 0 Å². The van der Waals surface area contributed by atoms with Crippen molar-refractivity contribution in [2.45, 2.75) is 70.4 Å². The summed E-state index contributed by atoms with van der Waals surface area (Å²) in [5.41, 5.74) is 0.893. The molecule has 2 aromatic rings. The van der Waals surface area contributed by atoms with Gasteiger partial charge in [-0.15, -0.1) is 0 Å². The molecule has 0 saturated heterocycles. The van der Waals surface area contributed by atoms with E-state index in [1.54, 1.807) is 12.1 Å². The molecule has 0 N–H and O–H groups in total. The van der Waals surface area contributed by atoms with Crippen LogP contribution in [0.25, 0.3) is 11.0 Å². The van der Waals surface area contributed by atoms with Crippen molar-refractivity contribution >= 4 is 19.0 Å². The van der Waals surface area contributed by atoms with Crippen LogP contribution < -0.4 is 0 Å². The lowest BCUT2D eigenvalue weighted by atomic mass is 10.1. The van der Waals surface area contributed by atoms with Gasteiger partial charge in [0.05, 0.1) is 13.6 Å². The van der Waals surface area contributed by atoms with E-state index >= 15 is 0 Å². The summed E-state index contributed by atoms with van der Waals surface area (Å²) in [7, 11) is -1.77. The first-order chi connectivity index (χ1) is 11.0. The van der Waals surface area contributed by atoms with Crippen molar-refractivity contribution in [3.05, 3.63) is 35.6 Å². The second-order valence-corrected chi connectivity index (χ2v) is 13.7. The first kappa shape index (κ1) is 19.1. The van der Waals surface area contributed by atoms with E-state index in [4.69, 9.17) is 4.42 Å². The molecule has 0 unspecified atom stereocenters. The zero-order valence-corrected chi connectivity index (χ0v) is 16.3. The lowest BCUT2D eigenvalue weighted by Crippen LogP contribution is -2.46. The third-order valence-electron chi connectivity index (χ3n) is 5.61. The third kappa shape index (κ3) is 3.28. The van der Waals surface area contributed by atoms with Gasteiger partial charge >= 0.3 is 6.18 Å². The highest BCUT2D eigenvalue weighted by Crippen LogP contribution is 2.45. The van der Waals surface area contributed by atoms with Crippen molar-refractivity contribution in [3.8, 4) is 0 Å². The van der Waals surface area contributed by atoms with Gasteiger partial charge in [0.25, 0.3) is 0 Å². The summed E-state index contributed by atoms with van der Waals surface area (Å²) in [6.45, 7) is 13.5. The molecule has 0 radical (unpaired) electrons. The fourth-order valence-electron chi connectivity index (χ4n) is 4.34. The molecule has 0 saturated carbocycles. The largest absolute Gasteiger partial charge is 0.461 e. The smallest absolute Gasteiger partial charge is 0.420 e. The van der Waals surface area contributed by atoms with Gasteiger partial charge in [0.2, 0.25) is 0 Å². The minimum Gasteiger partial charge on any atom is -0.461 e. The Labute approximate surface area is 143 Å². The van der Waals surface area contributed by atoms with Crippen LogP contribution in [0.4, 0.5) is 13.2 Å². The second-order valence-electron chi connectivity index (χ2n) is 7.69. The van der Waals surface area contributed by atoms with Gasteiger partial charge < -0.3 is 4.42 Å². The summed E-state index contributed by atoms with van der Waals surface area (Å²) < 4.78 is 45.3. The Morgan fingerprint density at radius 3 is 1.96 bits per heavy atom. The van der Waals surface area contributed by atoms with Crippen LogP contribution in [0.2, 0.25) is 16.6 Å². The Morgan fingerprint density at radius 2 is 1.50 bits per heavy atom. The monoisotopic (exact) mass is 356 g/mol. The van der Waals surface area contributed by atoms with Gasteiger partial charge in [-0.3, -0.25) is 0 Å². The van der Waals surface area contributed by atoms with Crippen LogP contribution in [0.5, 0.6) is 0 Å². The number of benzene rings is 1. The summed E-state index contributed by atoms with van der Waals surface area (Å²) in [4.78, 5) is 0. The van der Waals surface area contributed by atoms with Crippen LogP contribution in [-0.4, -0.2) is 8.07 Å². The average molecular weight is 357 g/mol. The molecule has 1 aromatic carbocycles. The molecular formula is C19H27F3OSi. The first-order valence-electron chi connectivity index (χ1n) is 8.58. The molecule has 1 aromatic heterocycles. The molecule has 0 aliphatic rings. The number of rotatable bonds is 5. The minimum atomic E-state index is -4.39. The second kappa shape index (κ2) is 6.58. The average Bonchev–Trinajstić information content (AvgIpc) is 2.84. The van der Waals surface area contributed by atoms with E-state index in [2.05, 4.69) is 41.5 Å². The van der Waals surface area contributed by atoms with Gasteiger partial charge in [0.15, 0.2) is 0 Å². The predicted molar refractivity (Wildman–Crippen MR) is 96.0 cm³/mol. The molecule has 1 nitrogen and oxygen atoms in total. The number of hydrogen-bond donors (Lipinski definition) is 0. The molecule has 5 heteroatoms. The van der Waals surface area contributed by atoms with Crippen molar-refractivity contribution < 1.29 is 17.6 Å². The van der Waals surface area contributed by atoms with Gasteiger partial charge in [-0.25, -0.2) is 0 Å². The number of halogens is 3. The van der Waals surface area contributed by atoms with Crippen LogP contribution >= 0.6 is 0 Å². The van der Waals surface area contributed by atoms with Crippen LogP contribution in [0.3, 0.4) is 0 Å². The lowest BCUT2D eigenvalue weighted by molar-refractivity contribution is -0.136. The summed E-state index contributed by atoms with van der Waals surface area (Å²) >= 11 is 0. The predicted octanol–water partition coefficient (Wildman–Crippen LogP) is 7.21. The Hall–Kier alpha value is -1.23. The maximum absolute atomic E-state index is 13.2. The fraction of sp³-hybridized carbons (Fsp3) is 0.579. The Kier molecular flexibility index (Phi) is 5.24. The quantitative estimate of drug-likeness (QED) is 0.516. The highest BCUT2D eigenvalue weighted by atomic mass is 28.3. The number of alkyl halides is 3. The Morgan fingerprint density at radius 1 is 0.958 bits per heavy atom. The number of furan rings is 1. The van der Waals surface area contributed by atoms with E-state index in [1.807, 2.05) is 0 Å². The molecule has 24 heavy (non-hydrogen) atoms. The van der Waals surface area contributed by atoms with Gasteiger partial charge in [-0.1, -0.05) is 70.3 Å². The molecule has 0 bridgehead atoms. The summed E-state index contributed by atoms with van der Waals surface area (Å²) in [6.07, 6.45) is -4.39. The van der Waals surface area contributed by atoms with Crippen LogP contribution in [0.1, 0.15) is 52.9 Å². The number of para-hydroxylation sites is 1. The van der Waals surface area contributed by atoms with E-state index in [9.17, 15) is 13.2 Å². The molecule has 0 amide bonds. The molecule has 2 rings (SSSR count). The highest BCUT2D eigenvalue weighted by Gasteiger charge is 2.43. The molecule has 1 heterocycles. The number of fused-ring (bicyclic) bond motifs is 1. The SMILES string of the molecule is CC(C)[Si](Cc1cc2cccc(C(F)(F)F)c2o1)(C(C)C)C(C)C. The molecule has 0 fully saturated rings. The van der Waals surface area contributed by atoms with E-state index in [0.29, 0.717) is 27.8 Å². The fourth-order valence-corrected chi connectivity index (χ4v) is 10.3. The molecular weight excluding hydrogens is 329 g/mol. The molecule has 0 atom stereocenters. The Bertz CT molecular complexity index is 676.